The SMILES string of the molecule is Oc1ccc2ccnc(NC3CC(O)C3)c2c1. The highest BCUT2D eigenvalue weighted by molar-refractivity contribution is 5.92. The normalized spacial score (nSPS) is 23.4. The summed E-state index contributed by atoms with van der Waals surface area (Å²) in [5, 5.41) is 24.0. The van der Waals surface area contributed by atoms with Crippen LogP contribution in [0.1, 0.15) is 12.8 Å². The highest BCUT2D eigenvalue weighted by Crippen LogP contribution is 2.29. The molecule has 0 saturated heterocycles. The number of rotatable bonds is 2. The average molecular weight is 230 g/mol. The molecule has 4 nitrogen and oxygen atoms in total. The highest BCUT2D eigenvalue weighted by atomic mass is 16.3. The predicted molar refractivity (Wildman–Crippen MR) is 66.1 cm³/mol. The number of phenolic OH excluding ortho intramolecular Hbond substituents is 1. The van der Waals surface area contributed by atoms with Gasteiger partial charge < -0.3 is 15.5 Å². The molecule has 0 bridgehead atoms. The predicted octanol–water partition coefficient (Wildman–Crippen LogP) is 1.88. The first kappa shape index (κ1) is 10.4. The average Bonchev–Trinajstić information content (AvgIpc) is 2.28. The Morgan fingerprint density at radius 3 is 2.82 bits per heavy atom. The van der Waals surface area contributed by atoms with E-state index in [0.29, 0.717) is 0 Å². The summed E-state index contributed by atoms with van der Waals surface area (Å²) in [6.07, 6.45) is 3.08. The van der Waals surface area contributed by atoms with Gasteiger partial charge in [-0.3, -0.25) is 0 Å². The zero-order chi connectivity index (χ0) is 11.8. The smallest absolute Gasteiger partial charge is 0.134 e. The van der Waals surface area contributed by atoms with Crippen molar-refractivity contribution in [1.82, 2.24) is 4.98 Å². The topological polar surface area (TPSA) is 65.4 Å². The number of anilines is 1. The Balaban J connectivity index is 1.95. The first-order valence-corrected chi connectivity index (χ1v) is 5.75. The summed E-state index contributed by atoms with van der Waals surface area (Å²) >= 11 is 0. The summed E-state index contributed by atoms with van der Waals surface area (Å²) in [5.74, 6) is 1.01. The fourth-order valence-corrected chi connectivity index (χ4v) is 2.17. The van der Waals surface area contributed by atoms with Gasteiger partial charge in [0.25, 0.3) is 0 Å². The lowest BCUT2D eigenvalue weighted by atomic mass is 9.89. The summed E-state index contributed by atoms with van der Waals surface area (Å²) in [6.45, 7) is 0. The van der Waals surface area contributed by atoms with Gasteiger partial charge in [0.2, 0.25) is 0 Å². The lowest BCUT2D eigenvalue weighted by Crippen LogP contribution is -2.39. The Hall–Kier alpha value is -1.81. The van der Waals surface area contributed by atoms with Gasteiger partial charge in [0.1, 0.15) is 11.6 Å². The highest BCUT2D eigenvalue weighted by Gasteiger charge is 2.27. The van der Waals surface area contributed by atoms with E-state index in [2.05, 4.69) is 10.3 Å². The molecule has 0 atom stereocenters. The number of aliphatic hydroxyl groups is 1. The second-order valence-corrected chi connectivity index (χ2v) is 4.53. The van der Waals surface area contributed by atoms with E-state index in [1.165, 1.54) is 0 Å². The molecule has 0 amide bonds. The number of benzene rings is 1. The van der Waals surface area contributed by atoms with Crippen LogP contribution < -0.4 is 5.32 Å². The molecule has 3 N–H and O–H groups in total. The molecular weight excluding hydrogens is 216 g/mol. The fraction of sp³-hybridized carbons (Fsp3) is 0.308. The molecule has 17 heavy (non-hydrogen) atoms. The van der Waals surface area contributed by atoms with Crippen LogP contribution in [0.3, 0.4) is 0 Å². The number of aromatic nitrogens is 1. The van der Waals surface area contributed by atoms with E-state index < -0.39 is 0 Å². The number of hydrogen-bond acceptors (Lipinski definition) is 4. The Morgan fingerprint density at radius 2 is 2.06 bits per heavy atom. The standard InChI is InChI=1S/C13H14N2O2/c16-10-2-1-8-3-4-14-13(12(8)7-10)15-9-5-11(17)6-9/h1-4,7,9,11,16-17H,5-6H2,(H,14,15). The summed E-state index contributed by atoms with van der Waals surface area (Å²) in [6, 6.07) is 7.44. The zero-order valence-electron chi connectivity index (χ0n) is 9.30. The van der Waals surface area contributed by atoms with Crippen LogP contribution in [0.15, 0.2) is 30.5 Å². The van der Waals surface area contributed by atoms with E-state index in [9.17, 15) is 10.2 Å². The number of nitrogens with one attached hydrogen (secondary N) is 1. The number of phenols is 1. The molecule has 0 unspecified atom stereocenters. The fourth-order valence-electron chi connectivity index (χ4n) is 2.17. The van der Waals surface area contributed by atoms with Crippen molar-refractivity contribution in [3.63, 3.8) is 0 Å². The lowest BCUT2D eigenvalue weighted by Gasteiger charge is -2.32. The molecule has 0 radical (unpaired) electrons. The van der Waals surface area contributed by atoms with Gasteiger partial charge in [0.05, 0.1) is 6.10 Å². The maximum Gasteiger partial charge on any atom is 0.134 e. The molecule has 3 rings (SSSR count). The largest absolute Gasteiger partial charge is 0.508 e. The molecule has 2 aromatic rings. The second-order valence-electron chi connectivity index (χ2n) is 4.53. The van der Waals surface area contributed by atoms with Gasteiger partial charge in [0, 0.05) is 17.6 Å². The van der Waals surface area contributed by atoms with Crippen molar-refractivity contribution in [3.05, 3.63) is 30.5 Å². The first-order chi connectivity index (χ1) is 8.22. The van der Waals surface area contributed by atoms with E-state index in [1.54, 1.807) is 18.3 Å². The van der Waals surface area contributed by atoms with Gasteiger partial charge in [-0.15, -0.1) is 0 Å². The maximum absolute atomic E-state index is 9.51. The van der Waals surface area contributed by atoms with Gasteiger partial charge in [-0.05, 0) is 36.4 Å². The van der Waals surface area contributed by atoms with Crippen molar-refractivity contribution in [3.8, 4) is 5.75 Å². The number of aromatic hydroxyl groups is 1. The molecule has 1 fully saturated rings. The minimum atomic E-state index is -0.184. The molecule has 1 aromatic heterocycles. The molecule has 1 aliphatic rings. The molecule has 1 saturated carbocycles. The third-order valence-electron chi connectivity index (χ3n) is 3.20. The third kappa shape index (κ3) is 1.91. The molecular formula is C13H14N2O2. The van der Waals surface area contributed by atoms with E-state index in [0.717, 1.165) is 29.4 Å². The molecule has 4 heteroatoms. The molecule has 0 aliphatic heterocycles. The molecule has 1 aromatic carbocycles. The molecule has 1 aliphatic carbocycles. The van der Waals surface area contributed by atoms with E-state index in [-0.39, 0.29) is 17.9 Å². The van der Waals surface area contributed by atoms with Gasteiger partial charge >= 0.3 is 0 Å². The molecule has 88 valence electrons. The zero-order valence-corrected chi connectivity index (χ0v) is 9.30. The monoisotopic (exact) mass is 230 g/mol. The van der Waals surface area contributed by atoms with E-state index >= 15 is 0 Å². The van der Waals surface area contributed by atoms with Gasteiger partial charge in [-0.1, -0.05) is 6.07 Å². The quantitative estimate of drug-likeness (QED) is 0.737. The Bertz CT molecular complexity index is 550. The number of nitrogens with zero attached hydrogens (tertiary/aromatic N) is 1. The van der Waals surface area contributed by atoms with Crippen molar-refractivity contribution in [1.29, 1.82) is 0 Å². The number of pyridine rings is 1. The lowest BCUT2D eigenvalue weighted by molar-refractivity contribution is 0.0836. The van der Waals surface area contributed by atoms with E-state index in [4.69, 9.17) is 0 Å². The second kappa shape index (κ2) is 3.89. The van der Waals surface area contributed by atoms with Crippen LogP contribution >= 0.6 is 0 Å². The van der Waals surface area contributed by atoms with Crippen LogP contribution in [0.25, 0.3) is 10.8 Å². The third-order valence-corrected chi connectivity index (χ3v) is 3.20. The summed E-state index contributed by atoms with van der Waals surface area (Å²) in [5.41, 5.74) is 0. The number of hydrogen-bond donors (Lipinski definition) is 3. The van der Waals surface area contributed by atoms with Crippen LogP contribution in [0.5, 0.6) is 5.75 Å². The van der Waals surface area contributed by atoms with Crippen molar-refractivity contribution in [2.75, 3.05) is 5.32 Å². The van der Waals surface area contributed by atoms with Crippen molar-refractivity contribution in [2.24, 2.45) is 0 Å². The van der Waals surface area contributed by atoms with Crippen molar-refractivity contribution < 1.29 is 10.2 Å². The van der Waals surface area contributed by atoms with Crippen molar-refractivity contribution in [2.45, 2.75) is 25.0 Å². The van der Waals surface area contributed by atoms with Crippen LogP contribution in [0, 0.1) is 0 Å². The van der Waals surface area contributed by atoms with Gasteiger partial charge in [-0.2, -0.15) is 0 Å². The number of fused-ring (bicyclic) bond motifs is 1. The summed E-state index contributed by atoms with van der Waals surface area (Å²) in [4.78, 5) is 4.29. The molecule has 1 heterocycles. The van der Waals surface area contributed by atoms with Crippen LogP contribution in [0.4, 0.5) is 5.82 Å². The van der Waals surface area contributed by atoms with Gasteiger partial charge in [0.15, 0.2) is 0 Å². The van der Waals surface area contributed by atoms with E-state index in [1.807, 2.05) is 12.1 Å². The Morgan fingerprint density at radius 1 is 1.24 bits per heavy atom. The van der Waals surface area contributed by atoms with Crippen LogP contribution in [-0.4, -0.2) is 27.3 Å². The minimum absolute atomic E-state index is 0.184. The Labute approximate surface area is 98.9 Å². The van der Waals surface area contributed by atoms with Crippen LogP contribution in [-0.2, 0) is 0 Å². The van der Waals surface area contributed by atoms with Gasteiger partial charge in [-0.25, -0.2) is 4.98 Å². The first-order valence-electron chi connectivity index (χ1n) is 5.75. The van der Waals surface area contributed by atoms with Crippen LogP contribution in [0.2, 0.25) is 0 Å². The summed E-state index contributed by atoms with van der Waals surface area (Å²) < 4.78 is 0. The van der Waals surface area contributed by atoms with Crippen molar-refractivity contribution >= 4 is 16.6 Å². The summed E-state index contributed by atoms with van der Waals surface area (Å²) in [7, 11) is 0. The minimum Gasteiger partial charge on any atom is -0.508 e. The Kier molecular flexibility index (Phi) is 2.37. The maximum atomic E-state index is 9.51. The number of aliphatic hydroxyl groups excluding tert-OH is 1. The molecule has 0 spiro atoms.